The Morgan fingerprint density at radius 2 is 1.73 bits per heavy atom. The van der Waals surface area contributed by atoms with Crippen LogP contribution < -0.4 is 10.1 Å². The van der Waals surface area contributed by atoms with Gasteiger partial charge in [-0.3, -0.25) is 4.79 Å². The van der Waals surface area contributed by atoms with Crippen LogP contribution in [-0.2, 0) is 13.5 Å². The summed E-state index contributed by atoms with van der Waals surface area (Å²) in [7, 11) is 3.70. The molecule has 40 heavy (non-hydrogen) atoms. The van der Waals surface area contributed by atoms with Crippen LogP contribution in [0.25, 0.3) is 33.1 Å². The highest BCUT2D eigenvalue weighted by Crippen LogP contribution is 2.36. The van der Waals surface area contributed by atoms with Gasteiger partial charge < -0.3 is 24.6 Å². The quantitative estimate of drug-likeness (QED) is 0.282. The van der Waals surface area contributed by atoms with Gasteiger partial charge in [0.2, 0.25) is 0 Å². The molecule has 2 N–H and O–H groups in total. The number of rotatable bonds is 7. The SMILES string of the molecule is COc1ccc(-c2nc(NC(=O)c3ccc(CCN4CCC(O)CC4)cc3)cc3c4ccccc4n(C)c23)cc1. The van der Waals surface area contributed by atoms with Crippen LogP contribution in [0.2, 0.25) is 0 Å². The minimum atomic E-state index is -0.190. The molecule has 0 atom stereocenters. The van der Waals surface area contributed by atoms with E-state index in [2.05, 4.69) is 26.9 Å². The molecule has 5 aromatic rings. The van der Waals surface area contributed by atoms with Gasteiger partial charge in [-0.25, -0.2) is 4.98 Å². The van der Waals surface area contributed by atoms with Crippen molar-refractivity contribution in [3.05, 3.63) is 90.0 Å². The van der Waals surface area contributed by atoms with Gasteiger partial charge in [-0.15, -0.1) is 0 Å². The van der Waals surface area contributed by atoms with E-state index in [0.29, 0.717) is 11.4 Å². The number of nitrogens with zero attached hydrogens (tertiary/aromatic N) is 3. The molecular formula is C33H34N4O3. The molecule has 7 heteroatoms. The number of anilines is 1. The highest BCUT2D eigenvalue weighted by Gasteiger charge is 2.19. The van der Waals surface area contributed by atoms with E-state index >= 15 is 0 Å². The van der Waals surface area contributed by atoms with Gasteiger partial charge in [-0.1, -0.05) is 30.3 Å². The normalized spacial score (nSPS) is 14.6. The predicted octanol–water partition coefficient (Wildman–Crippen LogP) is 5.65. The minimum Gasteiger partial charge on any atom is -0.497 e. The van der Waals surface area contributed by atoms with Crippen LogP contribution in [-0.4, -0.2) is 58.3 Å². The van der Waals surface area contributed by atoms with Crippen LogP contribution in [0.4, 0.5) is 5.82 Å². The molecule has 3 heterocycles. The lowest BCUT2D eigenvalue weighted by molar-refractivity contribution is 0.0832. The van der Waals surface area contributed by atoms with Gasteiger partial charge in [0.25, 0.3) is 5.91 Å². The number of pyridine rings is 1. The Bertz CT molecular complexity index is 1650. The van der Waals surface area contributed by atoms with E-state index in [1.165, 1.54) is 5.56 Å². The zero-order valence-corrected chi connectivity index (χ0v) is 22.9. The summed E-state index contributed by atoms with van der Waals surface area (Å²) in [6.07, 6.45) is 2.45. The Kier molecular flexibility index (Phi) is 7.24. The van der Waals surface area contributed by atoms with E-state index < -0.39 is 0 Å². The number of benzene rings is 3. The minimum absolute atomic E-state index is 0.155. The second-order valence-corrected chi connectivity index (χ2v) is 10.5. The molecule has 1 amide bonds. The van der Waals surface area contributed by atoms with Crippen molar-refractivity contribution >= 4 is 33.5 Å². The number of carbonyl (C=O) groups is 1. The van der Waals surface area contributed by atoms with Gasteiger partial charge in [-0.2, -0.15) is 0 Å². The lowest BCUT2D eigenvalue weighted by Crippen LogP contribution is -2.37. The molecule has 1 saturated heterocycles. The number of piperidine rings is 1. The molecule has 0 unspecified atom stereocenters. The summed E-state index contributed by atoms with van der Waals surface area (Å²) in [5.41, 5.74) is 5.65. The second-order valence-electron chi connectivity index (χ2n) is 10.5. The number of hydrogen-bond acceptors (Lipinski definition) is 5. The van der Waals surface area contributed by atoms with Crippen LogP contribution in [0.1, 0.15) is 28.8 Å². The molecule has 0 bridgehead atoms. The Morgan fingerprint density at radius 3 is 2.45 bits per heavy atom. The van der Waals surface area contributed by atoms with Crippen molar-refractivity contribution in [1.82, 2.24) is 14.5 Å². The van der Waals surface area contributed by atoms with Gasteiger partial charge in [0, 0.05) is 54.1 Å². The van der Waals surface area contributed by atoms with E-state index in [1.807, 2.05) is 73.8 Å². The first-order valence-corrected chi connectivity index (χ1v) is 13.8. The Morgan fingerprint density at radius 1 is 1.00 bits per heavy atom. The largest absolute Gasteiger partial charge is 0.497 e. The van der Waals surface area contributed by atoms with Gasteiger partial charge in [0.15, 0.2) is 0 Å². The van der Waals surface area contributed by atoms with Crippen molar-refractivity contribution in [2.45, 2.75) is 25.4 Å². The topological polar surface area (TPSA) is 79.6 Å². The molecule has 0 radical (unpaired) electrons. The summed E-state index contributed by atoms with van der Waals surface area (Å²) in [6, 6.07) is 25.9. The molecule has 7 nitrogen and oxygen atoms in total. The summed E-state index contributed by atoms with van der Waals surface area (Å²) >= 11 is 0. The number of aliphatic hydroxyl groups excluding tert-OH is 1. The smallest absolute Gasteiger partial charge is 0.256 e. The van der Waals surface area contributed by atoms with Gasteiger partial charge in [0.1, 0.15) is 11.6 Å². The first-order chi connectivity index (χ1) is 19.5. The predicted molar refractivity (Wildman–Crippen MR) is 160 cm³/mol. The van der Waals surface area contributed by atoms with Gasteiger partial charge in [0.05, 0.1) is 24.4 Å². The summed E-state index contributed by atoms with van der Waals surface area (Å²) in [5.74, 6) is 1.10. The fourth-order valence-corrected chi connectivity index (χ4v) is 5.65. The maximum absolute atomic E-state index is 13.3. The molecule has 0 saturated carbocycles. The van der Waals surface area contributed by atoms with Crippen molar-refractivity contribution in [2.75, 3.05) is 32.1 Å². The van der Waals surface area contributed by atoms with E-state index in [-0.39, 0.29) is 12.0 Å². The number of nitrogens with one attached hydrogen (secondary N) is 1. The highest BCUT2D eigenvalue weighted by atomic mass is 16.5. The number of aliphatic hydroxyl groups is 1. The van der Waals surface area contributed by atoms with E-state index in [1.54, 1.807) is 7.11 Å². The fourth-order valence-electron chi connectivity index (χ4n) is 5.65. The number of fused-ring (bicyclic) bond motifs is 3. The number of carbonyl (C=O) groups excluding carboxylic acids is 1. The van der Waals surface area contributed by atoms with E-state index in [4.69, 9.17) is 9.72 Å². The van der Waals surface area contributed by atoms with Crippen molar-refractivity contribution in [3.8, 4) is 17.0 Å². The average molecular weight is 535 g/mol. The van der Waals surface area contributed by atoms with Gasteiger partial charge >= 0.3 is 0 Å². The maximum atomic E-state index is 13.3. The average Bonchev–Trinajstić information content (AvgIpc) is 3.28. The molecule has 0 aliphatic carbocycles. The van der Waals surface area contributed by atoms with Crippen LogP contribution in [0.5, 0.6) is 5.75 Å². The van der Waals surface area contributed by atoms with Crippen molar-refractivity contribution in [3.63, 3.8) is 0 Å². The number of para-hydroxylation sites is 1. The number of ether oxygens (including phenoxy) is 1. The summed E-state index contributed by atoms with van der Waals surface area (Å²) in [4.78, 5) is 20.6. The number of amides is 1. The summed E-state index contributed by atoms with van der Waals surface area (Å²) in [5, 5.41) is 14.9. The fraction of sp³-hybridized carbons (Fsp3) is 0.273. The molecule has 1 aliphatic rings. The zero-order chi connectivity index (χ0) is 27.6. The number of likely N-dealkylation sites (tertiary alicyclic amines) is 1. The Hall–Kier alpha value is -4.20. The Labute approximate surface area is 234 Å². The summed E-state index contributed by atoms with van der Waals surface area (Å²) in [6.45, 7) is 2.84. The molecule has 1 fully saturated rings. The monoisotopic (exact) mass is 534 g/mol. The van der Waals surface area contributed by atoms with Crippen LogP contribution in [0, 0.1) is 0 Å². The van der Waals surface area contributed by atoms with Gasteiger partial charge in [-0.05, 0) is 73.4 Å². The lowest BCUT2D eigenvalue weighted by atomic mass is 10.1. The number of methoxy groups -OCH3 is 1. The third kappa shape index (κ3) is 5.18. The molecule has 1 aliphatic heterocycles. The molecule has 6 rings (SSSR count). The van der Waals surface area contributed by atoms with Crippen molar-refractivity contribution < 1.29 is 14.6 Å². The van der Waals surface area contributed by atoms with Crippen molar-refractivity contribution in [2.24, 2.45) is 7.05 Å². The molecule has 204 valence electrons. The standard InChI is InChI=1S/C33H34N4O3/c1-36-29-6-4-3-5-27(29)28-21-30(34-31(32(28)36)23-11-13-26(40-2)14-12-23)35-33(39)24-9-7-22(8-10-24)15-18-37-19-16-25(38)17-20-37/h3-14,21,25,38H,15-20H2,1-2H3,(H,34,35,39). The van der Waals surface area contributed by atoms with Crippen molar-refractivity contribution in [1.29, 1.82) is 0 Å². The second kappa shape index (κ2) is 11.1. The maximum Gasteiger partial charge on any atom is 0.256 e. The van der Waals surface area contributed by atoms with E-state index in [0.717, 1.165) is 77.7 Å². The summed E-state index contributed by atoms with van der Waals surface area (Å²) < 4.78 is 7.51. The third-order valence-electron chi connectivity index (χ3n) is 7.98. The van der Waals surface area contributed by atoms with Crippen LogP contribution >= 0.6 is 0 Å². The zero-order valence-electron chi connectivity index (χ0n) is 22.9. The highest BCUT2D eigenvalue weighted by molar-refractivity contribution is 6.14. The van der Waals surface area contributed by atoms with Crippen LogP contribution in [0.3, 0.4) is 0 Å². The first-order valence-electron chi connectivity index (χ1n) is 13.8. The third-order valence-corrected chi connectivity index (χ3v) is 7.98. The lowest BCUT2D eigenvalue weighted by Gasteiger charge is -2.29. The number of hydrogen-bond donors (Lipinski definition) is 2. The number of aryl methyl sites for hydroxylation is 1. The van der Waals surface area contributed by atoms with Crippen LogP contribution in [0.15, 0.2) is 78.9 Å². The Balaban J connectivity index is 1.27. The molecule has 0 spiro atoms. The molecular weight excluding hydrogens is 500 g/mol. The molecule has 2 aromatic heterocycles. The first kappa shape index (κ1) is 26.0. The number of aromatic nitrogens is 2. The van der Waals surface area contributed by atoms with E-state index in [9.17, 15) is 9.90 Å². The molecule has 3 aromatic carbocycles.